The van der Waals surface area contributed by atoms with Crippen molar-refractivity contribution in [1.29, 1.82) is 0 Å². The lowest BCUT2D eigenvalue weighted by Crippen LogP contribution is -2.14. The Kier molecular flexibility index (Phi) is 1.28. The molecule has 0 spiro atoms. The molecule has 0 radical (unpaired) electrons. The minimum Gasteiger partial charge on any atom is -0.382 e. The topological polar surface area (TPSA) is 21.3 Å². The number of hydrogen-bond donors (Lipinski definition) is 1. The summed E-state index contributed by atoms with van der Waals surface area (Å²) in [5, 5.41) is 0. The Morgan fingerprint density at radius 2 is 2.27 bits per heavy atom. The first-order chi connectivity index (χ1) is 5.36. The van der Waals surface area contributed by atoms with Crippen LogP contribution in [0.3, 0.4) is 0 Å². The highest BCUT2D eigenvalue weighted by atomic mass is 19.1. The summed E-state index contributed by atoms with van der Waals surface area (Å²) in [5.74, 6) is 0.396. The number of rotatable bonds is 0. The fourth-order valence-electron chi connectivity index (χ4n) is 0.964. The molecule has 0 aromatic heterocycles. The summed E-state index contributed by atoms with van der Waals surface area (Å²) in [7, 11) is 0. The van der Waals surface area contributed by atoms with Crippen molar-refractivity contribution in [2.45, 2.75) is 0 Å². The van der Waals surface area contributed by atoms with Crippen molar-refractivity contribution in [2.75, 3.05) is 0 Å². The fraction of sp³-hybridized carbons (Fsp3) is 0. The summed E-state index contributed by atoms with van der Waals surface area (Å²) in [5.41, 5.74) is 3.31. The quantitative estimate of drug-likeness (QED) is 0.609. The van der Waals surface area contributed by atoms with E-state index in [4.69, 9.17) is 4.84 Å². The van der Waals surface area contributed by atoms with Crippen LogP contribution in [-0.4, -0.2) is 0 Å². The smallest absolute Gasteiger partial charge is 0.162 e. The molecule has 0 atom stereocenters. The van der Waals surface area contributed by atoms with Gasteiger partial charge in [0.25, 0.3) is 0 Å². The van der Waals surface area contributed by atoms with E-state index in [1.165, 1.54) is 12.1 Å². The van der Waals surface area contributed by atoms with E-state index in [9.17, 15) is 4.39 Å². The molecule has 2 rings (SSSR count). The second kappa shape index (κ2) is 2.27. The van der Waals surface area contributed by atoms with Crippen LogP contribution in [0.5, 0.6) is 5.75 Å². The fourth-order valence-corrected chi connectivity index (χ4v) is 0.964. The average molecular weight is 151 g/mol. The first kappa shape index (κ1) is 6.22. The SMILES string of the molecule is Fc1ccc2c(c1)C=CNO2. The summed E-state index contributed by atoms with van der Waals surface area (Å²) in [6.45, 7) is 0. The van der Waals surface area contributed by atoms with Gasteiger partial charge in [0.15, 0.2) is 5.75 Å². The third kappa shape index (κ3) is 1.05. The van der Waals surface area contributed by atoms with Crippen LogP contribution in [0, 0.1) is 5.82 Å². The predicted octanol–water partition coefficient (Wildman–Crippen LogP) is 1.69. The van der Waals surface area contributed by atoms with E-state index in [0.29, 0.717) is 5.75 Å². The molecule has 11 heavy (non-hydrogen) atoms. The maximum absolute atomic E-state index is 12.6. The molecule has 0 amide bonds. The maximum atomic E-state index is 12.6. The summed E-state index contributed by atoms with van der Waals surface area (Å²) >= 11 is 0. The molecule has 0 saturated heterocycles. The van der Waals surface area contributed by atoms with Gasteiger partial charge in [-0.3, -0.25) is 0 Å². The van der Waals surface area contributed by atoms with Crippen molar-refractivity contribution in [3.8, 4) is 5.75 Å². The van der Waals surface area contributed by atoms with E-state index in [0.717, 1.165) is 5.56 Å². The highest BCUT2D eigenvalue weighted by Gasteiger charge is 2.05. The molecule has 0 aliphatic carbocycles. The molecule has 1 heterocycles. The third-order valence-corrected chi connectivity index (χ3v) is 1.47. The van der Waals surface area contributed by atoms with E-state index >= 15 is 0 Å². The highest BCUT2D eigenvalue weighted by Crippen LogP contribution is 2.22. The number of hydrogen-bond acceptors (Lipinski definition) is 2. The Labute approximate surface area is 63.2 Å². The van der Waals surface area contributed by atoms with Gasteiger partial charge >= 0.3 is 0 Å². The van der Waals surface area contributed by atoms with E-state index in [1.54, 1.807) is 18.3 Å². The third-order valence-electron chi connectivity index (χ3n) is 1.47. The summed E-state index contributed by atoms with van der Waals surface area (Å²) in [6.07, 6.45) is 3.36. The number of halogens is 1. The minimum atomic E-state index is -0.251. The molecular weight excluding hydrogens is 145 g/mol. The zero-order valence-corrected chi connectivity index (χ0v) is 5.67. The molecular formula is C8H6FNO. The van der Waals surface area contributed by atoms with Crippen LogP contribution >= 0.6 is 0 Å². The molecule has 1 aromatic rings. The van der Waals surface area contributed by atoms with Gasteiger partial charge in [0.05, 0.1) is 0 Å². The van der Waals surface area contributed by atoms with Gasteiger partial charge < -0.3 is 4.84 Å². The summed E-state index contributed by atoms with van der Waals surface area (Å²) in [6, 6.07) is 4.37. The Morgan fingerprint density at radius 3 is 3.18 bits per heavy atom. The molecule has 2 nitrogen and oxygen atoms in total. The van der Waals surface area contributed by atoms with Crippen LogP contribution in [0.1, 0.15) is 5.56 Å². The van der Waals surface area contributed by atoms with Gasteiger partial charge in [-0.15, -0.1) is 0 Å². The van der Waals surface area contributed by atoms with Crippen molar-refractivity contribution in [3.05, 3.63) is 35.8 Å². The Hall–Kier alpha value is -1.51. The van der Waals surface area contributed by atoms with E-state index < -0.39 is 0 Å². The molecule has 1 N–H and O–H groups in total. The maximum Gasteiger partial charge on any atom is 0.162 e. The monoisotopic (exact) mass is 151 g/mol. The molecule has 56 valence electrons. The van der Waals surface area contributed by atoms with Gasteiger partial charge in [-0.25, -0.2) is 9.87 Å². The molecule has 1 aliphatic rings. The molecule has 0 saturated carbocycles. The molecule has 0 unspecified atom stereocenters. The zero-order valence-electron chi connectivity index (χ0n) is 5.67. The van der Waals surface area contributed by atoms with Crippen molar-refractivity contribution >= 4 is 6.08 Å². The molecule has 3 heteroatoms. The van der Waals surface area contributed by atoms with Gasteiger partial charge in [-0.05, 0) is 24.3 Å². The van der Waals surface area contributed by atoms with Crippen LogP contribution in [-0.2, 0) is 0 Å². The average Bonchev–Trinajstić information content (AvgIpc) is 2.04. The molecule has 1 aliphatic heterocycles. The van der Waals surface area contributed by atoms with Crippen LogP contribution in [0.2, 0.25) is 0 Å². The Morgan fingerprint density at radius 1 is 1.36 bits per heavy atom. The first-order valence-corrected chi connectivity index (χ1v) is 3.25. The molecule has 0 bridgehead atoms. The normalized spacial score (nSPS) is 13.2. The molecule has 1 aromatic carbocycles. The van der Waals surface area contributed by atoms with Crippen molar-refractivity contribution in [2.24, 2.45) is 0 Å². The number of hydroxylamine groups is 1. The standard InChI is InChI=1S/C8H6FNO/c9-7-1-2-8-6(5-7)3-4-10-11-8/h1-5,10H. The van der Waals surface area contributed by atoms with Crippen molar-refractivity contribution in [3.63, 3.8) is 0 Å². The number of nitrogens with one attached hydrogen (secondary N) is 1. The lowest BCUT2D eigenvalue weighted by molar-refractivity contribution is 0.239. The second-order valence-corrected chi connectivity index (χ2v) is 2.24. The summed E-state index contributed by atoms with van der Waals surface area (Å²) < 4.78 is 12.6. The number of benzene rings is 1. The van der Waals surface area contributed by atoms with Gasteiger partial charge in [-0.1, -0.05) is 0 Å². The van der Waals surface area contributed by atoms with Crippen LogP contribution in [0.15, 0.2) is 24.4 Å². The van der Waals surface area contributed by atoms with Crippen molar-refractivity contribution in [1.82, 2.24) is 5.48 Å². The van der Waals surface area contributed by atoms with Gasteiger partial charge in [0.1, 0.15) is 5.82 Å². The lowest BCUT2D eigenvalue weighted by Gasteiger charge is -2.11. The zero-order chi connectivity index (χ0) is 7.68. The van der Waals surface area contributed by atoms with Crippen LogP contribution in [0.25, 0.3) is 6.08 Å². The van der Waals surface area contributed by atoms with Crippen molar-refractivity contribution < 1.29 is 9.23 Å². The first-order valence-electron chi connectivity index (χ1n) is 3.25. The summed E-state index contributed by atoms with van der Waals surface area (Å²) in [4.78, 5) is 4.97. The van der Waals surface area contributed by atoms with E-state index in [-0.39, 0.29) is 5.82 Å². The van der Waals surface area contributed by atoms with E-state index in [2.05, 4.69) is 5.48 Å². The van der Waals surface area contributed by atoms with E-state index in [1.807, 2.05) is 0 Å². The minimum absolute atomic E-state index is 0.251. The molecule has 0 fully saturated rings. The lowest BCUT2D eigenvalue weighted by atomic mass is 10.2. The Bertz CT molecular complexity index is 309. The van der Waals surface area contributed by atoms with Crippen LogP contribution in [0.4, 0.5) is 4.39 Å². The van der Waals surface area contributed by atoms with Gasteiger partial charge in [-0.2, -0.15) is 0 Å². The van der Waals surface area contributed by atoms with Gasteiger partial charge in [0.2, 0.25) is 0 Å². The highest BCUT2D eigenvalue weighted by molar-refractivity contribution is 5.58. The number of fused-ring (bicyclic) bond motifs is 1. The predicted molar refractivity (Wildman–Crippen MR) is 39.2 cm³/mol. The van der Waals surface area contributed by atoms with Gasteiger partial charge in [0, 0.05) is 11.8 Å². The van der Waals surface area contributed by atoms with Crippen LogP contribution < -0.4 is 10.3 Å². The largest absolute Gasteiger partial charge is 0.382 e. The Balaban J connectivity index is 2.54. The second-order valence-electron chi connectivity index (χ2n) is 2.24.